The van der Waals surface area contributed by atoms with E-state index in [1.807, 2.05) is 0 Å². The Bertz CT molecular complexity index is 237. The van der Waals surface area contributed by atoms with Gasteiger partial charge in [0.2, 0.25) is 0 Å². The molecule has 1 aliphatic carbocycles. The van der Waals surface area contributed by atoms with E-state index in [0.717, 1.165) is 32.8 Å². The normalized spacial score (nSPS) is 18.9. The fourth-order valence-electron chi connectivity index (χ4n) is 3.56. The molecule has 1 saturated carbocycles. The van der Waals surface area contributed by atoms with Crippen LogP contribution in [0.25, 0.3) is 0 Å². The number of hydrogen-bond donors (Lipinski definition) is 1. The van der Waals surface area contributed by atoms with Crippen LogP contribution in [0.5, 0.6) is 0 Å². The van der Waals surface area contributed by atoms with Crippen molar-refractivity contribution >= 4 is 0 Å². The molecular weight excluding hydrogens is 260 g/mol. The van der Waals surface area contributed by atoms with Crippen molar-refractivity contribution in [3.05, 3.63) is 0 Å². The highest BCUT2D eigenvalue weighted by Gasteiger charge is 2.32. The van der Waals surface area contributed by atoms with E-state index >= 15 is 0 Å². The second-order valence-corrected chi connectivity index (χ2v) is 6.66. The summed E-state index contributed by atoms with van der Waals surface area (Å²) in [5.41, 5.74) is 0.494. The van der Waals surface area contributed by atoms with Gasteiger partial charge in [-0.2, -0.15) is 0 Å². The SMILES string of the molecule is CCCNCC1(CN(CC)CCOCC)CCCCCC1. The average molecular weight is 299 g/mol. The molecule has 21 heavy (non-hydrogen) atoms. The maximum absolute atomic E-state index is 5.55. The Morgan fingerprint density at radius 3 is 2.33 bits per heavy atom. The molecule has 0 heterocycles. The van der Waals surface area contributed by atoms with E-state index in [4.69, 9.17) is 4.74 Å². The molecule has 0 amide bonds. The first kappa shape index (κ1) is 18.9. The third-order valence-electron chi connectivity index (χ3n) is 4.85. The molecule has 1 rings (SSSR count). The topological polar surface area (TPSA) is 24.5 Å². The summed E-state index contributed by atoms with van der Waals surface area (Å²) in [6, 6.07) is 0. The van der Waals surface area contributed by atoms with E-state index in [1.54, 1.807) is 0 Å². The predicted octanol–water partition coefficient (Wildman–Crippen LogP) is 3.69. The average Bonchev–Trinajstić information content (AvgIpc) is 2.73. The van der Waals surface area contributed by atoms with E-state index in [2.05, 4.69) is 31.0 Å². The van der Waals surface area contributed by atoms with Crippen LogP contribution in [0.1, 0.15) is 65.7 Å². The number of nitrogens with zero attached hydrogens (tertiary/aromatic N) is 1. The van der Waals surface area contributed by atoms with E-state index in [9.17, 15) is 0 Å². The van der Waals surface area contributed by atoms with Crippen LogP contribution in [0.4, 0.5) is 0 Å². The molecule has 1 N–H and O–H groups in total. The second-order valence-electron chi connectivity index (χ2n) is 6.66. The van der Waals surface area contributed by atoms with Crippen LogP contribution >= 0.6 is 0 Å². The van der Waals surface area contributed by atoms with E-state index in [0.29, 0.717) is 5.41 Å². The lowest BCUT2D eigenvalue weighted by atomic mass is 9.79. The summed E-state index contributed by atoms with van der Waals surface area (Å²) in [6.07, 6.45) is 9.72. The van der Waals surface area contributed by atoms with Gasteiger partial charge in [0.05, 0.1) is 6.61 Å². The minimum Gasteiger partial charge on any atom is -0.380 e. The molecule has 0 bridgehead atoms. The molecule has 1 fully saturated rings. The maximum atomic E-state index is 5.55. The van der Waals surface area contributed by atoms with Crippen molar-refractivity contribution < 1.29 is 4.74 Å². The van der Waals surface area contributed by atoms with Crippen LogP contribution in [0.3, 0.4) is 0 Å². The highest BCUT2D eigenvalue weighted by molar-refractivity contribution is 4.87. The number of hydrogen-bond acceptors (Lipinski definition) is 3. The molecular formula is C18H38N2O. The van der Waals surface area contributed by atoms with Crippen molar-refractivity contribution in [3.63, 3.8) is 0 Å². The van der Waals surface area contributed by atoms with Gasteiger partial charge in [-0.05, 0) is 44.7 Å². The van der Waals surface area contributed by atoms with Gasteiger partial charge >= 0.3 is 0 Å². The Labute approximate surface area is 132 Å². The Balaban J connectivity index is 2.55. The maximum Gasteiger partial charge on any atom is 0.0593 e. The summed E-state index contributed by atoms with van der Waals surface area (Å²) in [6.45, 7) is 14.2. The van der Waals surface area contributed by atoms with Gasteiger partial charge in [0.15, 0.2) is 0 Å². The van der Waals surface area contributed by atoms with Crippen molar-refractivity contribution in [1.82, 2.24) is 10.2 Å². The number of ether oxygens (including phenoxy) is 1. The highest BCUT2D eigenvalue weighted by Crippen LogP contribution is 2.35. The van der Waals surface area contributed by atoms with Crippen molar-refractivity contribution in [1.29, 1.82) is 0 Å². The van der Waals surface area contributed by atoms with Crippen LogP contribution in [0.2, 0.25) is 0 Å². The predicted molar refractivity (Wildman–Crippen MR) is 91.9 cm³/mol. The third kappa shape index (κ3) is 7.62. The summed E-state index contributed by atoms with van der Waals surface area (Å²) in [5, 5.41) is 3.71. The van der Waals surface area contributed by atoms with Crippen LogP contribution in [0.15, 0.2) is 0 Å². The lowest BCUT2D eigenvalue weighted by Crippen LogP contribution is -2.45. The van der Waals surface area contributed by atoms with E-state index in [1.165, 1.54) is 58.0 Å². The Hall–Kier alpha value is -0.120. The van der Waals surface area contributed by atoms with E-state index in [-0.39, 0.29) is 0 Å². The first-order valence-corrected chi connectivity index (χ1v) is 9.27. The molecule has 126 valence electrons. The van der Waals surface area contributed by atoms with Crippen molar-refractivity contribution in [2.45, 2.75) is 65.7 Å². The largest absolute Gasteiger partial charge is 0.380 e. The molecule has 0 aromatic heterocycles. The second kappa shape index (κ2) is 11.4. The molecule has 1 aliphatic rings. The Kier molecular flexibility index (Phi) is 10.3. The molecule has 0 saturated heterocycles. The smallest absolute Gasteiger partial charge is 0.0593 e. The highest BCUT2D eigenvalue weighted by atomic mass is 16.5. The minimum atomic E-state index is 0.494. The fraction of sp³-hybridized carbons (Fsp3) is 1.00. The summed E-state index contributed by atoms with van der Waals surface area (Å²) in [7, 11) is 0. The van der Waals surface area contributed by atoms with Crippen molar-refractivity contribution in [2.75, 3.05) is 45.9 Å². The summed E-state index contributed by atoms with van der Waals surface area (Å²) in [4.78, 5) is 2.61. The molecule has 0 spiro atoms. The number of nitrogens with one attached hydrogen (secondary N) is 1. The molecule has 3 heteroatoms. The summed E-state index contributed by atoms with van der Waals surface area (Å²) >= 11 is 0. The number of rotatable bonds is 11. The van der Waals surface area contributed by atoms with Crippen LogP contribution in [-0.2, 0) is 4.74 Å². The first-order chi connectivity index (χ1) is 10.3. The van der Waals surface area contributed by atoms with Gasteiger partial charge < -0.3 is 15.0 Å². The van der Waals surface area contributed by atoms with Gasteiger partial charge in [0.25, 0.3) is 0 Å². The monoisotopic (exact) mass is 298 g/mol. The quantitative estimate of drug-likeness (QED) is 0.465. The van der Waals surface area contributed by atoms with Crippen molar-refractivity contribution in [2.24, 2.45) is 5.41 Å². The number of likely N-dealkylation sites (N-methyl/N-ethyl adjacent to an activating group) is 1. The fourth-order valence-corrected chi connectivity index (χ4v) is 3.56. The molecule has 0 unspecified atom stereocenters. The minimum absolute atomic E-state index is 0.494. The van der Waals surface area contributed by atoms with Gasteiger partial charge in [-0.1, -0.05) is 39.5 Å². The van der Waals surface area contributed by atoms with Gasteiger partial charge in [0, 0.05) is 26.2 Å². The molecule has 0 atom stereocenters. The van der Waals surface area contributed by atoms with Gasteiger partial charge in [0.1, 0.15) is 0 Å². The van der Waals surface area contributed by atoms with Crippen LogP contribution < -0.4 is 5.32 Å². The lowest BCUT2D eigenvalue weighted by molar-refractivity contribution is 0.0814. The summed E-state index contributed by atoms with van der Waals surface area (Å²) < 4.78 is 5.55. The molecule has 0 radical (unpaired) electrons. The van der Waals surface area contributed by atoms with Crippen molar-refractivity contribution in [3.8, 4) is 0 Å². The van der Waals surface area contributed by atoms with Crippen LogP contribution in [0, 0.1) is 5.41 Å². The Morgan fingerprint density at radius 2 is 1.76 bits per heavy atom. The molecule has 0 aliphatic heterocycles. The van der Waals surface area contributed by atoms with Gasteiger partial charge in [-0.3, -0.25) is 0 Å². The summed E-state index contributed by atoms with van der Waals surface area (Å²) in [5.74, 6) is 0. The Morgan fingerprint density at radius 1 is 1.05 bits per heavy atom. The van der Waals surface area contributed by atoms with Gasteiger partial charge in [-0.25, -0.2) is 0 Å². The zero-order valence-electron chi connectivity index (χ0n) is 14.8. The first-order valence-electron chi connectivity index (χ1n) is 9.27. The standard InChI is InChI=1S/C18H38N2O/c1-4-13-19-16-18(11-9-7-8-10-12-18)17-20(5-2)14-15-21-6-3/h19H,4-17H2,1-3H3. The van der Waals surface area contributed by atoms with Crippen LogP contribution in [-0.4, -0.2) is 50.8 Å². The zero-order valence-corrected chi connectivity index (χ0v) is 14.8. The third-order valence-corrected chi connectivity index (χ3v) is 4.85. The zero-order chi connectivity index (χ0) is 15.4. The lowest BCUT2D eigenvalue weighted by Gasteiger charge is -2.38. The molecule has 3 nitrogen and oxygen atoms in total. The van der Waals surface area contributed by atoms with Gasteiger partial charge in [-0.15, -0.1) is 0 Å². The molecule has 0 aromatic rings. The molecule has 0 aromatic carbocycles. The van der Waals surface area contributed by atoms with E-state index < -0.39 is 0 Å².